The Kier molecular flexibility index (Phi) is 7.63. The van der Waals surface area contributed by atoms with E-state index in [2.05, 4.69) is 15.4 Å². The van der Waals surface area contributed by atoms with Gasteiger partial charge in [0, 0.05) is 31.8 Å². The highest BCUT2D eigenvalue weighted by molar-refractivity contribution is 7.89. The average molecular weight is 459 g/mol. The van der Waals surface area contributed by atoms with Crippen LogP contribution in [0, 0.1) is 0 Å². The van der Waals surface area contributed by atoms with E-state index in [1.165, 1.54) is 56.6 Å². The number of nitrogens with one attached hydrogen (secondary N) is 2. The molecule has 0 spiro atoms. The Morgan fingerprint density at radius 2 is 1.71 bits per heavy atom. The Labute approximate surface area is 177 Å². The number of benzene rings is 2. The molecule has 2 aromatic carbocycles. The number of sulfonamides is 1. The molecule has 0 unspecified atom stereocenters. The molecule has 0 aliphatic rings. The number of carbonyl (C=O) groups excluding carboxylic acids is 2. The smallest absolute Gasteiger partial charge is 0.405 e. The molecule has 31 heavy (non-hydrogen) atoms. The molecule has 2 rings (SSSR count). The van der Waals surface area contributed by atoms with E-state index in [-0.39, 0.29) is 22.6 Å². The summed E-state index contributed by atoms with van der Waals surface area (Å²) in [4.78, 5) is 24.1. The van der Waals surface area contributed by atoms with E-state index in [1.54, 1.807) is 0 Å². The second-order valence-corrected chi connectivity index (χ2v) is 8.58. The third kappa shape index (κ3) is 6.96. The van der Waals surface area contributed by atoms with Crippen LogP contribution in [0.5, 0.6) is 5.75 Å². The molecule has 0 heterocycles. The first kappa shape index (κ1) is 24.2. The van der Waals surface area contributed by atoms with E-state index in [9.17, 15) is 31.2 Å². The zero-order valence-electron chi connectivity index (χ0n) is 16.6. The van der Waals surface area contributed by atoms with Crippen LogP contribution < -0.4 is 15.4 Å². The van der Waals surface area contributed by atoms with Gasteiger partial charge in [0.05, 0.1) is 11.4 Å². The van der Waals surface area contributed by atoms with Crippen LogP contribution in [-0.2, 0) is 21.4 Å². The molecule has 0 bridgehead atoms. The molecule has 0 radical (unpaired) electrons. The van der Waals surface area contributed by atoms with E-state index in [1.807, 2.05) is 0 Å². The Hall–Kier alpha value is -3.12. The zero-order valence-corrected chi connectivity index (χ0v) is 17.4. The van der Waals surface area contributed by atoms with Crippen molar-refractivity contribution in [3.05, 3.63) is 59.7 Å². The van der Waals surface area contributed by atoms with E-state index in [0.29, 0.717) is 0 Å². The van der Waals surface area contributed by atoms with E-state index in [4.69, 9.17) is 0 Å². The number of para-hydroxylation sites is 1. The largest absolute Gasteiger partial charge is 0.573 e. The summed E-state index contributed by atoms with van der Waals surface area (Å²) >= 11 is 0. The van der Waals surface area contributed by atoms with Crippen molar-refractivity contribution in [3.8, 4) is 5.75 Å². The van der Waals surface area contributed by atoms with Gasteiger partial charge in [0.1, 0.15) is 5.75 Å². The molecular formula is C19H20F3N3O5S. The van der Waals surface area contributed by atoms with E-state index in [0.717, 1.165) is 10.4 Å². The van der Waals surface area contributed by atoms with Gasteiger partial charge in [-0.1, -0.05) is 24.3 Å². The van der Waals surface area contributed by atoms with E-state index >= 15 is 0 Å². The Bertz CT molecular complexity index is 1060. The van der Waals surface area contributed by atoms with Crippen LogP contribution in [0.2, 0.25) is 0 Å². The maximum atomic E-state index is 12.4. The molecule has 2 amide bonds. The van der Waals surface area contributed by atoms with Crippen LogP contribution in [0.4, 0.5) is 13.2 Å². The average Bonchev–Trinajstić information content (AvgIpc) is 2.70. The highest BCUT2D eigenvalue weighted by Gasteiger charge is 2.32. The summed E-state index contributed by atoms with van der Waals surface area (Å²) in [5, 5.41) is 4.70. The third-order valence-corrected chi connectivity index (χ3v) is 5.77. The van der Waals surface area contributed by atoms with Crippen molar-refractivity contribution in [2.75, 3.05) is 20.6 Å². The lowest BCUT2D eigenvalue weighted by atomic mass is 10.2. The summed E-state index contributed by atoms with van der Waals surface area (Å²) in [6, 6.07) is 10.6. The quantitative estimate of drug-likeness (QED) is 0.627. The molecule has 0 aliphatic carbocycles. The molecule has 2 N–H and O–H groups in total. The zero-order chi connectivity index (χ0) is 23.2. The first-order chi connectivity index (χ1) is 14.4. The summed E-state index contributed by atoms with van der Waals surface area (Å²) in [6.45, 7) is -0.719. The monoisotopic (exact) mass is 459 g/mol. The van der Waals surface area contributed by atoms with Gasteiger partial charge >= 0.3 is 6.36 Å². The number of ether oxygens (including phenoxy) is 1. The minimum Gasteiger partial charge on any atom is -0.405 e. The highest BCUT2D eigenvalue weighted by Crippen LogP contribution is 2.26. The van der Waals surface area contributed by atoms with Gasteiger partial charge in [-0.3, -0.25) is 9.59 Å². The molecule has 2 aromatic rings. The first-order valence-electron chi connectivity index (χ1n) is 8.81. The van der Waals surface area contributed by atoms with Gasteiger partial charge in [-0.2, -0.15) is 0 Å². The number of rotatable bonds is 8. The fraction of sp³-hybridized carbons (Fsp3) is 0.263. The van der Waals surface area contributed by atoms with Crippen LogP contribution in [0.15, 0.2) is 53.4 Å². The van der Waals surface area contributed by atoms with Crippen LogP contribution in [0.25, 0.3) is 0 Å². The molecule has 0 atom stereocenters. The number of alkyl halides is 3. The van der Waals surface area contributed by atoms with Crippen LogP contribution in [-0.4, -0.2) is 51.5 Å². The second-order valence-electron chi connectivity index (χ2n) is 6.43. The Morgan fingerprint density at radius 3 is 2.35 bits per heavy atom. The molecule has 0 saturated carbocycles. The first-order valence-corrected chi connectivity index (χ1v) is 10.3. The summed E-state index contributed by atoms with van der Waals surface area (Å²) in [6.07, 6.45) is -4.87. The number of hydrogen-bond donors (Lipinski definition) is 2. The molecule has 0 saturated heterocycles. The lowest BCUT2D eigenvalue weighted by Gasteiger charge is -2.14. The second kappa shape index (κ2) is 9.79. The Morgan fingerprint density at radius 1 is 1.03 bits per heavy atom. The van der Waals surface area contributed by atoms with E-state index < -0.39 is 40.5 Å². The fourth-order valence-corrected chi connectivity index (χ4v) is 3.35. The van der Waals surface area contributed by atoms with Crippen molar-refractivity contribution in [2.45, 2.75) is 17.8 Å². The topological polar surface area (TPSA) is 105 Å². The summed E-state index contributed by atoms with van der Waals surface area (Å²) in [5.41, 5.74) is 0.126. The highest BCUT2D eigenvalue weighted by atomic mass is 32.2. The predicted molar refractivity (Wildman–Crippen MR) is 105 cm³/mol. The number of amides is 2. The van der Waals surface area contributed by atoms with Crippen LogP contribution in [0.1, 0.15) is 15.9 Å². The molecular weight excluding hydrogens is 439 g/mol. The van der Waals surface area contributed by atoms with Crippen LogP contribution in [0.3, 0.4) is 0 Å². The van der Waals surface area contributed by atoms with Gasteiger partial charge in [0.15, 0.2) is 0 Å². The predicted octanol–water partition coefficient (Wildman–Crippen LogP) is 1.88. The van der Waals surface area contributed by atoms with Crippen molar-refractivity contribution in [3.63, 3.8) is 0 Å². The van der Waals surface area contributed by atoms with Gasteiger partial charge in [-0.25, -0.2) is 12.7 Å². The van der Waals surface area contributed by atoms with Gasteiger partial charge in [-0.05, 0) is 24.3 Å². The number of nitrogens with zero attached hydrogens (tertiary/aromatic N) is 1. The van der Waals surface area contributed by atoms with Gasteiger partial charge < -0.3 is 15.4 Å². The van der Waals surface area contributed by atoms with Crippen molar-refractivity contribution in [1.29, 1.82) is 0 Å². The summed E-state index contributed by atoms with van der Waals surface area (Å²) in [5.74, 6) is -1.79. The van der Waals surface area contributed by atoms with Gasteiger partial charge in [-0.15, -0.1) is 13.2 Å². The Balaban J connectivity index is 1.95. The lowest BCUT2D eigenvalue weighted by Crippen LogP contribution is -2.36. The lowest BCUT2D eigenvalue weighted by molar-refractivity contribution is -0.274. The molecule has 0 fully saturated rings. The third-order valence-electron chi connectivity index (χ3n) is 3.96. The fourth-order valence-electron chi connectivity index (χ4n) is 2.40. The van der Waals surface area contributed by atoms with Crippen LogP contribution >= 0.6 is 0 Å². The molecule has 0 aliphatic heterocycles. The number of hydrogen-bond acceptors (Lipinski definition) is 5. The number of halogens is 3. The summed E-state index contributed by atoms with van der Waals surface area (Å²) in [7, 11) is -1.04. The maximum Gasteiger partial charge on any atom is 0.573 e. The minimum atomic E-state index is -4.87. The van der Waals surface area contributed by atoms with Crippen molar-refractivity contribution >= 4 is 21.8 Å². The molecule has 0 aromatic heterocycles. The van der Waals surface area contributed by atoms with Crippen molar-refractivity contribution in [2.24, 2.45) is 0 Å². The normalized spacial score (nSPS) is 11.8. The number of carbonyl (C=O) groups is 2. The van der Waals surface area contributed by atoms with Crippen molar-refractivity contribution < 1.29 is 35.9 Å². The molecule has 8 nitrogen and oxygen atoms in total. The minimum absolute atomic E-state index is 0.0275. The summed E-state index contributed by atoms with van der Waals surface area (Å²) < 4.78 is 66.5. The van der Waals surface area contributed by atoms with Gasteiger partial charge in [0.25, 0.3) is 5.91 Å². The standard InChI is InChI=1S/C19H20F3N3O5S/c1-25(2)31(28,29)15-8-5-7-13(10-15)18(27)24-12-17(26)23-11-14-6-3-4-9-16(14)30-19(20,21)22/h3-10H,11-12H2,1-2H3,(H,23,26)(H,24,27). The van der Waals surface area contributed by atoms with Crippen molar-refractivity contribution in [1.82, 2.24) is 14.9 Å². The molecule has 168 valence electrons. The SMILES string of the molecule is CN(C)S(=O)(=O)c1cccc(C(=O)NCC(=O)NCc2ccccc2OC(F)(F)F)c1. The molecule has 12 heteroatoms. The maximum absolute atomic E-state index is 12.4. The van der Waals surface area contributed by atoms with Gasteiger partial charge in [0.2, 0.25) is 15.9 Å².